The Morgan fingerprint density at radius 2 is 1.78 bits per heavy atom. The molecule has 1 aliphatic heterocycles. The Bertz CT molecular complexity index is 799. The number of fused-ring (bicyclic) bond motifs is 1. The molecule has 0 bridgehead atoms. The molecule has 1 atom stereocenters. The Balaban J connectivity index is 2.38. The zero-order valence-electron chi connectivity index (χ0n) is 13.8. The number of rotatable bonds is 2. The first-order valence-corrected chi connectivity index (χ1v) is 7.62. The van der Waals surface area contributed by atoms with Gasteiger partial charge in [-0.1, -0.05) is 48.0 Å². The van der Waals surface area contributed by atoms with Gasteiger partial charge in [0.25, 0.3) is 5.91 Å². The fourth-order valence-electron chi connectivity index (χ4n) is 3.58. The van der Waals surface area contributed by atoms with Crippen LogP contribution in [0.1, 0.15) is 29.2 Å². The highest BCUT2D eigenvalue weighted by molar-refractivity contribution is 6.12. The Labute approximate surface area is 136 Å². The van der Waals surface area contributed by atoms with Crippen molar-refractivity contribution in [2.45, 2.75) is 26.3 Å². The van der Waals surface area contributed by atoms with E-state index in [2.05, 4.69) is 11.4 Å². The normalized spacial score (nSPS) is 19.7. The van der Waals surface area contributed by atoms with Crippen LogP contribution in [0.5, 0.6) is 0 Å². The monoisotopic (exact) mass is 308 g/mol. The van der Waals surface area contributed by atoms with Crippen LogP contribution >= 0.6 is 0 Å². The number of carbonyl (C=O) groups is 2. The smallest absolute Gasteiger partial charge is 0.261 e. The Morgan fingerprint density at radius 3 is 2.39 bits per heavy atom. The second-order valence-electron chi connectivity index (χ2n) is 6.14. The van der Waals surface area contributed by atoms with Gasteiger partial charge < -0.3 is 10.2 Å². The zero-order chi connectivity index (χ0) is 16.8. The molecule has 3 rings (SSSR count). The van der Waals surface area contributed by atoms with Gasteiger partial charge in [-0.3, -0.25) is 9.59 Å². The van der Waals surface area contributed by atoms with Crippen molar-refractivity contribution in [2.24, 2.45) is 0 Å². The zero-order valence-corrected chi connectivity index (χ0v) is 13.8. The molecule has 1 aliphatic rings. The minimum absolute atomic E-state index is 0.136. The first-order valence-electron chi connectivity index (χ1n) is 7.62. The summed E-state index contributed by atoms with van der Waals surface area (Å²) >= 11 is 0. The standard InChI is InChI=1S/C19H20N2O2/c1-12-10-13(2)17-16(11-12)19(20-14(3)22,18(23)21(17)4)15-8-6-5-7-9-15/h5-11H,1-4H3,(H,20,22). The third-order valence-electron chi connectivity index (χ3n) is 4.38. The van der Waals surface area contributed by atoms with Gasteiger partial charge in [0.2, 0.25) is 5.91 Å². The van der Waals surface area contributed by atoms with E-state index >= 15 is 0 Å². The fraction of sp³-hybridized carbons (Fsp3) is 0.263. The average Bonchev–Trinajstić information content (AvgIpc) is 2.70. The second-order valence-corrected chi connectivity index (χ2v) is 6.14. The molecule has 118 valence electrons. The fourth-order valence-corrected chi connectivity index (χ4v) is 3.58. The van der Waals surface area contributed by atoms with Crippen molar-refractivity contribution in [1.82, 2.24) is 5.32 Å². The third-order valence-corrected chi connectivity index (χ3v) is 4.38. The topological polar surface area (TPSA) is 49.4 Å². The summed E-state index contributed by atoms with van der Waals surface area (Å²) in [6, 6.07) is 13.5. The lowest BCUT2D eigenvalue weighted by Crippen LogP contribution is -2.52. The Morgan fingerprint density at radius 1 is 1.13 bits per heavy atom. The van der Waals surface area contributed by atoms with E-state index in [1.807, 2.05) is 50.2 Å². The highest BCUT2D eigenvalue weighted by Gasteiger charge is 2.52. The van der Waals surface area contributed by atoms with E-state index < -0.39 is 5.54 Å². The molecule has 0 radical (unpaired) electrons. The minimum Gasteiger partial charge on any atom is -0.335 e. The molecule has 0 saturated heterocycles. The lowest BCUT2D eigenvalue weighted by atomic mass is 9.82. The maximum atomic E-state index is 13.2. The number of aryl methyl sites for hydroxylation is 2. The first kappa shape index (κ1) is 15.3. The molecule has 0 saturated carbocycles. The number of benzene rings is 2. The van der Waals surface area contributed by atoms with Gasteiger partial charge in [-0.25, -0.2) is 0 Å². The number of hydrogen-bond donors (Lipinski definition) is 1. The van der Waals surface area contributed by atoms with E-state index in [9.17, 15) is 9.59 Å². The van der Waals surface area contributed by atoms with E-state index in [0.717, 1.165) is 27.9 Å². The maximum Gasteiger partial charge on any atom is 0.261 e. The van der Waals surface area contributed by atoms with Gasteiger partial charge >= 0.3 is 0 Å². The van der Waals surface area contributed by atoms with Gasteiger partial charge in [-0.15, -0.1) is 0 Å². The van der Waals surface area contributed by atoms with Crippen LogP contribution in [-0.4, -0.2) is 18.9 Å². The molecule has 4 nitrogen and oxygen atoms in total. The molecule has 1 unspecified atom stereocenters. The predicted molar refractivity (Wildman–Crippen MR) is 90.4 cm³/mol. The molecule has 1 heterocycles. The van der Waals surface area contributed by atoms with Crippen LogP contribution in [0, 0.1) is 13.8 Å². The summed E-state index contributed by atoms with van der Waals surface area (Å²) in [4.78, 5) is 26.8. The predicted octanol–water partition coefficient (Wildman–Crippen LogP) is 2.66. The molecular formula is C19H20N2O2. The van der Waals surface area contributed by atoms with Crippen LogP contribution in [0.3, 0.4) is 0 Å². The van der Waals surface area contributed by atoms with E-state index in [-0.39, 0.29) is 11.8 Å². The summed E-state index contributed by atoms with van der Waals surface area (Å²) in [6.07, 6.45) is 0. The average molecular weight is 308 g/mol. The highest BCUT2D eigenvalue weighted by atomic mass is 16.2. The Kier molecular flexibility index (Phi) is 3.48. The van der Waals surface area contributed by atoms with E-state index in [1.54, 1.807) is 11.9 Å². The van der Waals surface area contributed by atoms with E-state index in [1.165, 1.54) is 6.92 Å². The number of likely N-dealkylation sites (N-methyl/N-ethyl adjacent to an activating group) is 1. The second kappa shape index (κ2) is 5.23. The molecule has 2 aromatic rings. The summed E-state index contributed by atoms with van der Waals surface area (Å²) in [5.41, 5.74) is 3.42. The van der Waals surface area contributed by atoms with E-state index in [4.69, 9.17) is 0 Å². The van der Waals surface area contributed by atoms with Crippen molar-refractivity contribution in [3.8, 4) is 0 Å². The van der Waals surface area contributed by atoms with Crippen molar-refractivity contribution in [3.05, 3.63) is 64.7 Å². The van der Waals surface area contributed by atoms with Gasteiger partial charge in [0.05, 0.1) is 5.69 Å². The summed E-state index contributed by atoms with van der Waals surface area (Å²) in [5, 5.41) is 2.93. The molecule has 2 amide bonds. The quantitative estimate of drug-likeness (QED) is 0.927. The van der Waals surface area contributed by atoms with Gasteiger partial charge in [0, 0.05) is 19.5 Å². The molecule has 0 fully saturated rings. The summed E-state index contributed by atoms with van der Waals surface area (Å²) < 4.78 is 0. The number of nitrogens with one attached hydrogen (secondary N) is 1. The van der Waals surface area contributed by atoms with Crippen molar-refractivity contribution in [3.63, 3.8) is 0 Å². The van der Waals surface area contributed by atoms with Crippen LogP contribution in [0.15, 0.2) is 42.5 Å². The van der Waals surface area contributed by atoms with Crippen LogP contribution in [-0.2, 0) is 15.1 Å². The summed E-state index contributed by atoms with van der Waals surface area (Å²) in [5.74, 6) is -0.370. The SMILES string of the molecule is CC(=O)NC1(c2ccccc2)C(=O)N(C)c2c(C)cc(C)cc21. The van der Waals surface area contributed by atoms with Crippen LogP contribution in [0.4, 0.5) is 5.69 Å². The minimum atomic E-state index is -1.16. The van der Waals surface area contributed by atoms with Crippen molar-refractivity contribution in [1.29, 1.82) is 0 Å². The third kappa shape index (κ3) is 2.13. The number of anilines is 1. The molecule has 0 aliphatic carbocycles. The molecule has 2 aromatic carbocycles. The van der Waals surface area contributed by atoms with Crippen LogP contribution in [0.2, 0.25) is 0 Å². The Hall–Kier alpha value is -2.62. The molecular weight excluding hydrogens is 288 g/mol. The van der Waals surface area contributed by atoms with Crippen molar-refractivity contribution in [2.75, 3.05) is 11.9 Å². The number of carbonyl (C=O) groups excluding carboxylic acids is 2. The van der Waals surface area contributed by atoms with E-state index in [0.29, 0.717) is 0 Å². The van der Waals surface area contributed by atoms with Gasteiger partial charge in [-0.2, -0.15) is 0 Å². The van der Waals surface area contributed by atoms with Crippen molar-refractivity contribution < 1.29 is 9.59 Å². The molecule has 0 aromatic heterocycles. The van der Waals surface area contributed by atoms with Gasteiger partial charge in [0.15, 0.2) is 5.54 Å². The molecule has 1 N–H and O–H groups in total. The highest BCUT2D eigenvalue weighted by Crippen LogP contribution is 2.45. The maximum absolute atomic E-state index is 13.2. The first-order chi connectivity index (χ1) is 10.9. The van der Waals surface area contributed by atoms with Crippen LogP contribution in [0.25, 0.3) is 0 Å². The summed E-state index contributed by atoms with van der Waals surface area (Å²) in [6.45, 7) is 5.43. The van der Waals surface area contributed by atoms with Crippen molar-refractivity contribution >= 4 is 17.5 Å². The summed E-state index contributed by atoms with van der Waals surface area (Å²) in [7, 11) is 1.76. The van der Waals surface area contributed by atoms with Crippen LogP contribution < -0.4 is 10.2 Å². The molecule has 4 heteroatoms. The lowest BCUT2D eigenvalue weighted by Gasteiger charge is -2.29. The van der Waals surface area contributed by atoms with Gasteiger partial charge in [0.1, 0.15) is 0 Å². The number of nitrogens with zero attached hydrogens (tertiary/aromatic N) is 1. The lowest BCUT2D eigenvalue weighted by molar-refractivity contribution is -0.128. The largest absolute Gasteiger partial charge is 0.335 e. The molecule has 23 heavy (non-hydrogen) atoms. The number of hydrogen-bond acceptors (Lipinski definition) is 2. The molecule has 0 spiro atoms. The van der Waals surface area contributed by atoms with Gasteiger partial charge in [-0.05, 0) is 25.0 Å². The number of amides is 2.